The third-order valence-corrected chi connectivity index (χ3v) is 10.4. The summed E-state index contributed by atoms with van der Waals surface area (Å²) in [6.45, 7) is 9.85. The summed E-state index contributed by atoms with van der Waals surface area (Å²) >= 11 is 0. The molecular formula is C27H39N5O4S. The van der Waals surface area contributed by atoms with Gasteiger partial charge in [-0.2, -0.15) is 0 Å². The number of nitrogens with one attached hydrogen (secondary N) is 2. The molecule has 2 heterocycles. The minimum atomic E-state index is -3.49. The molecule has 2 fully saturated rings. The van der Waals surface area contributed by atoms with E-state index in [9.17, 15) is 13.2 Å². The van der Waals surface area contributed by atoms with Crippen LogP contribution in [0.1, 0.15) is 65.5 Å². The van der Waals surface area contributed by atoms with Crippen LogP contribution >= 0.6 is 0 Å². The first kappa shape index (κ1) is 27.3. The zero-order chi connectivity index (χ0) is 26.6. The predicted octanol–water partition coefficient (Wildman–Crippen LogP) is 4.49. The van der Waals surface area contributed by atoms with Gasteiger partial charge in [-0.1, -0.05) is 19.3 Å². The molecule has 2 aromatic rings. The van der Waals surface area contributed by atoms with Gasteiger partial charge in [0.05, 0.1) is 30.2 Å². The van der Waals surface area contributed by atoms with Crippen LogP contribution in [0.25, 0.3) is 11.4 Å². The van der Waals surface area contributed by atoms with Crippen LogP contribution in [0.5, 0.6) is 0 Å². The number of nitrogens with zero attached hydrogens (tertiary/aromatic N) is 3. The van der Waals surface area contributed by atoms with Gasteiger partial charge in [-0.3, -0.25) is 0 Å². The van der Waals surface area contributed by atoms with Crippen molar-refractivity contribution in [2.75, 3.05) is 36.5 Å². The van der Waals surface area contributed by atoms with Gasteiger partial charge < -0.3 is 20.3 Å². The number of benzene rings is 1. The second kappa shape index (κ2) is 11.3. The highest BCUT2D eigenvalue weighted by Crippen LogP contribution is 2.38. The monoisotopic (exact) mass is 529 g/mol. The molecule has 4 rings (SSSR count). The highest BCUT2D eigenvalue weighted by Gasteiger charge is 2.44. The molecule has 1 aliphatic carbocycles. The van der Waals surface area contributed by atoms with Gasteiger partial charge in [0.2, 0.25) is 0 Å². The van der Waals surface area contributed by atoms with Crippen LogP contribution in [0.3, 0.4) is 0 Å². The number of morpholine rings is 1. The highest BCUT2D eigenvalue weighted by atomic mass is 32.2. The first-order chi connectivity index (χ1) is 17.6. The summed E-state index contributed by atoms with van der Waals surface area (Å²) in [5.74, 6) is 1.16. The Labute approximate surface area is 220 Å². The minimum absolute atomic E-state index is 0.103. The number of hydrogen-bond acceptors (Lipinski definition) is 7. The van der Waals surface area contributed by atoms with Gasteiger partial charge in [0.25, 0.3) is 0 Å². The van der Waals surface area contributed by atoms with E-state index < -0.39 is 14.6 Å². The molecular weight excluding hydrogens is 490 g/mol. The molecule has 1 aliphatic heterocycles. The molecule has 1 aromatic carbocycles. The summed E-state index contributed by atoms with van der Waals surface area (Å²) in [4.78, 5) is 23.7. The molecule has 1 saturated carbocycles. The molecule has 9 nitrogen and oxygen atoms in total. The SMILES string of the molecule is CCNC(=O)Nc1ccc(-c2nc(N3CCOC[C@@H]3C)cc(C(C)(C)S(=O)(=O)C3CCCCC3)n2)cc1. The maximum atomic E-state index is 13.9. The maximum Gasteiger partial charge on any atom is 0.319 e. The molecule has 0 unspecified atom stereocenters. The molecule has 37 heavy (non-hydrogen) atoms. The largest absolute Gasteiger partial charge is 0.377 e. The number of ether oxygens (including phenoxy) is 1. The van der Waals surface area contributed by atoms with Gasteiger partial charge in [-0.25, -0.2) is 23.2 Å². The Kier molecular flexibility index (Phi) is 8.38. The summed E-state index contributed by atoms with van der Waals surface area (Å²) < 4.78 is 32.2. The molecule has 2 N–H and O–H groups in total. The number of anilines is 2. The highest BCUT2D eigenvalue weighted by molar-refractivity contribution is 7.92. The number of carbonyl (C=O) groups is 1. The number of rotatable bonds is 7. The second-order valence-corrected chi connectivity index (χ2v) is 13.2. The van der Waals surface area contributed by atoms with Crippen molar-refractivity contribution >= 4 is 27.4 Å². The Bertz CT molecular complexity index is 1190. The average molecular weight is 530 g/mol. The van der Waals surface area contributed by atoms with Crippen LogP contribution in [-0.4, -0.2) is 62.0 Å². The number of urea groups is 1. The van der Waals surface area contributed by atoms with Crippen LogP contribution in [0.2, 0.25) is 0 Å². The quantitative estimate of drug-likeness (QED) is 0.543. The van der Waals surface area contributed by atoms with E-state index in [0.717, 1.165) is 24.8 Å². The van der Waals surface area contributed by atoms with Gasteiger partial charge in [0, 0.05) is 30.4 Å². The normalized spacial score (nSPS) is 19.5. The standard InChI is InChI=1S/C27H39N5O4S/c1-5-28-26(33)29-21-13-11-20(12-14-21)25-30-23(17-24(31-25)32-15-16-36-18-19(32)2)27(3,4)37(34,35)22-9-7-6-8-10-22/h11-14,17,19,22H,5-10,15-16,18H2,1-4H3,(H2,28,29,33)/t19-/m0/s1. The lowest BCUT2D eigenvalue weighted by Gasteiger charge is -2.36. The van der Waals surface area contributed by atoms with Gasteiger partial charge in [0.15, 0.2) is 15.7 Å². The number of carbonyl (C=O) groups excluding carboxylic acids is 1. The summed E-state index contributed by atoms with van der Waals surface area (Å²) in [6, 6.07) is 8.95. The second-order valence-electron chi connectivity index (χ2n) is 10.4. The Morgan fingerprint density at radius 2 is 1.84 bits per heavy atom. The first-order valence-corrected chi connectivity index (χ1v) is 14.8. The molecule has 1 saturated heterocycles. The van der Waals surface area contributed by atoms with E-state index in [1.165, 1.54) is 0 Å². The Morgan fingerprint density at radius 1 is 1.14 bits per heavy atom. The van der Waals surface area contributed by atoms with Gasteiger partial charge >= 0.3 is 6.03 Å². The van der Waals surface area contributed by atoms with Crippen LogP contribution in [-0.2, 0) is 19.3 Å². The van der Waals surface area contributed by atoms with E-state index in [0.29, 0.717) is 62.2 Å². The number of amides is 2. The molecule has 2 aliphatic rings. The predicted molar refractivity (Wildman–Crippen MR) is 147 cm³/mol. The fourth-order valence-electron chi connectivity index (χ4n) is 5.06. The summed E-state index contributed by atoms with van der Waals surface area (Å²) in [5.41, 5.74) is 1.89. The molecule has 1 atom stereocenters. The van der Waals surface area contributed by atoms with Gasteiger partial charge in [0.1, 0.15) is 10.6 Å². The van der Waals surface area contributed by atoms with Gasteiger partial charge in [-0.05, 0) is 64.8 Å². The molecule has 0 radical (unpaired) electrons. The van der Waals surface area contributed by atoms with Crippen LogP contribution in [0, 0.1) is 0 Å². The van der Waals surface area contributed by atoms with Crippen molar-refractivity contribution in [3.8, 4) is 11.4 Å². The summed E-state index contributed by atoms with van der Waals surface area (Å²) in [6.07, 6.45) is 4.40. The van der Waals surface area contributed by atoms with E-state index in [-0.39, 0.29) is 17.3 Å². The van der Waals surface area contributed by atoms with E-state index in [1.807, 2.05) is 25.1 Å². The summed E-state index contributed by atoms with van der Waals surface area (Å²) in [5, 5.41) is 5.15. The maximum absolute atomic E-state index is 13.9. The van der Waals surface area contributed by atoms with Crippen molar-refractivity contribution in [2.45, 2.75) is 75.8 Å². The Balaban J connectivity index is 1.74. The van der Waals surface area contributed by atoms with Crippen LogP contribution in [0.15, 0.2) is 30.3 Å². The average Bonchev–Trinajstić information content (AvgIpc) is 2.89. The van der Waals surface area contributed by atoms with Gasteiger partial charge in [-0.15, -0.1) is 0 Å². The fourth-order valence-corrected chi connectivity index (χ4v) is 7.25. The topological polar surface area (TPSA) is 114 Å². The van der Waals surface area contributed by atoms with Crippen molar-refractivity contribution in [2.24, 2.45) is 0 Å². The zero-order valence-electron chi connectivity index (χ0n) is 22.3. The summed E-state index contributed by atoms with van der Waals surface area (Å²) in [7, 11) is -3.49. The van der Waals surface area contributed by atoms with Crippen molar-refractivity contribution < 1.29 is 17.9 Å². The smallest absolute Gasteiger partial charge is 0.319 e. The lowest BCUT2D eigenvalue weighted by Crippen LogP contribution is -2.44. The van der Waals surface area contributed by atoms with Crippen LogP contribution < -0.4 is 15.5 Å². The number of aromatic nitrogens is 2. The van der Waals surface area contributed by atoms with Crippen molar-refractivity contribution in [3.05, 3.63) is 36.0 Å². The van der Waals surface area contributed by atoms with Crippen molar-refractivity contribution in [1.29, 1.82) is 0 Å². The van der Waals surface area contributed by atoms with E-state index in [1.54, 1.807) is 26.0 Å². The Morgan fingerprint density at radius 3 is 2.49 bits per heavy atom. The fraction of sp³-hybridized carbons (Fsp3) is 0.593. The van der Waals surface area contributed by atoms with E-state index in [4.69, 9.17) is 14.7 Å². The van der Waals surface area contributed by atoms with Crippen molar-refractivity contribution in [3.63, 3.8) is 0 Å². The molecule has 202 valence electrons. The minimum Gasteiger partial charge on any atom is -0.377 e. The number of hydrogen-bond donors (Lipinski definition) is 2. The van der Waals surface area contributed by atoms with Crippen molar-refractivity contribution in [1.82, 2.24) is 15.3 Å². The van der Waals surface area contributed by atoms with Crippen LogP contribution in [0.4, 0.5) is 16.3 Å². The lowest BCUT2D eigenvalue weighted by molar-refractivity contribution is 0.0985. The molecule has 0 spiro atoms. The number of sulfone groups is 1. The van der Waals surface area contributed by atoms with E-state index in [2.05, 4.69) is 22.5 Å². The third kappa shape index (κ3) is 5.90. The molecule has 10 heteroatoms. The van der Waals surface area contributed by atoms with E-state index >= 15 is 0 Å². The third-order valence-electron chi connectivity index (χ3n) is 7.43. The first-order valence-electron chi connectivity index (χ1n) is 13.3. The zero-order valence-corrected chi connectivity index (χ0v) is 23.1. The molecule has 0 bridgehead atoms. The molecule has 1 aromatic heterocycles. The molecule has 2 amide bonds. The Hall–Kier alpha value is -2.72. The lowest BCUT2D eigenvalue weighted by atomic mass is 10.0.